The van der Waals surface area contributed by atoms with E-state index in [2.05, 4.69) is 17.1 Å². The second-order valence-corrected chi connectivity index (χ2v) is 10.2. The molecule has 0 unspecified atom stereocenters. The highest BCUT2D eigenvalue weighted by molar-refractivity contribution is 7.89. The summed E-state index contributed by atoms with van der Waals surface area (Å²) in [6, 6.07) is 4.77. The average molecular weight is 426 g/mol. The summed E-state index contributed by atoms with van der Waals surface area (Å²) in [6.07, 6.45) is 4.24. The maximum Gasteiger partial charge on any atom is 0.242 e. The van der Waals surface area contributed by atoms with Gasteiger partial charge in [0.05, 0.1) is 12.0 Å². The van der Waals surface area contributed by atoms with Crippen molar-refractivity contribution >= 4 is 15.9 Å². The van der Waals surface area contributed by atoms with Crippen LogP contribution in [0.1, 0.15) is 38.2 Å². The van der Waals surface area contributed by atoms with Gasteiger partial charge in [-0.3, -0.25) is 4.79 Å². The van der Waals surface area contributed by atoms with E-state index in [9.17, 15) is 13.2 Å². The Kier molecular flexibility index (Phi) is 8.92. The fraction of sp³-hybridized carbons (Fsp3) is 0.667. The fourth-order valence-corrected chi connectivity index (χ4v) is 4.63. The lowest BCUT2D eigenvalue weighted by molar-refractivity contribution is -0.121. The van der Waals surface area contributed by atoms with E-state index >= 15 is 0 Å². The first-order valence-corrected chi connectivity index (χ1v) is 11.8. The lowest BCUT2D eigenvalue weighted by Crippen LogP contribution is -2.36. The van der Waals surface area contributed by atoms with Crippen molar-refractivity contribution in [2.45, 2.75) is 43.9 Å². The van der Waals surface area contributed by atoms with E-state index in [1.807, 2.05) is 0 Å². The normalized spacial score (nSPS) is 18.0. The summed E-state index contributed by atoms with van der Waals surface area (Å²) in [5, 5.41) is 2.97. The Morgan fingerprint density at radius 2 is 2.10 bits per heavy atom. The molecule has 1 saturated heterocycles. The Bertz CT molecular complexity index is 780. The van der Waals surface area contributed by atoms with Crippen molar-refractivity contribution in [2.75, 3.05) is 47.4 Å². The third-order valence-electron chi connectivity index (χ3n) is 5.37. The Morgan fingerprint density at radius 3 is 2.76 bits per heavy atom. The molecule has 7 nitrogen and oxygen atoms in total. The molecule has 1 heterocycles. The van der Waals surface area contributed by atoms with Crippen LogP contribution >= 0.6 is 0 Å². The molecular weight excluding hydrogens is 390 g/mol. The molecule has 0 bridgehead atoms. The van der Waals surface area contributed by atoms with E-state index in [0.717, 1.165) is 32.0 Å². The lowest BCUT2D eigenvalue weighted by atomic mass is 10.0. The van der Waals surface area contributed by atoms with Gasteiger partial charge in [-0.2, -0.15) is 0 Å². The Labute approximate surface area is 175 Å². The maximum absolute atomic E-state index is 12.3. The van der Waals surface area contributed by atoms with Crippen molar-refractivity contribution in [2.24, 2.45) is 5.92 Å². The minimum absolute atomic E-state index is 0.0278. The van der Waals surface area contributed by atoms with Crippen LogP contribution in [0.25, 0.3) is 0 Å². The zero-order chi connectivity index (χ0) is 21.4. The van der Waals surface area contributed by atoms with Crippen molar-refractivity contribution in [1.29, 1.82) is 0 Å². The van der Waals surface area contributed by atoms with Gasteiger partial charge in [0.25, 0.3) is 0 Å². The zero-order valence-electron chi connectivity index (χ0n) is 18.1. The number of nitrogens with one attached hydrogen (secondary N) is 1. The van der Waals surface area contributed by atoms with Crippen LogP contribution in [0, 0.1) is 5.92 Å². The van der Waals surface area contributed by atoms with Gasteiger partial charge in [0.2, 0.25) is 15.9 Å². The number of likely N-dealkylation sites (tertiary alicyclic amines) is 1. The molecule has 1 fully saturated rings. The molecule has 0 radical (unpaired) electrons. The third kappa shape index (κ3) is 6.97. The molecule has 0 aliphatic carbocycles. The van der Waals surface area contributed by atoms with Crippen LogP contribution in [0.5, 0.6) is 5.75 Å². The highest BCUT2D eigenvalue weighted by atomic mass is 32.2. The summed E-state index contributed by atoms with van der Waals surface area (Å²) in [7, 11) is 1.01. The molecule has 29 heavy (non-hydrogen) atoms. The smallest absolute Gasteiger partial charge is 0.242 e. The number of carbonyl (C=O) groups excluding carboxylic acids is 1. The lowest BCUT2D eigenvalue weighted by Gasteiger charge is -2.30. The van der Waals surface area contributed by atoms with Crippen LogP contribution < -0.4 is 10.1 Å². The number of sulfonamides is 1. The predicted octanol–water partition coefficient (Wildman–Crippen LogP) is 2.12. The molecule has 1 aliphatic rings. The number of methoxy groups -OCH3 is 1. The number of benzene rings is 1. The highest BCUT2D eigenvalue weighted by Gasteiger charge is 2.19. The SMILES string of the molecule is COc1ccc(S(=O)(=O)N(C)C)cc1CCC(=O)NCCCN1CCC[C@H](C)C1. The molecule has 1 amide bonds. The summed E-state index contributed by atoms with van der Waals surface area (Å²) >= 11 is 0. The monoisotopic (exact) mass is 425 g/mol. The molecular formula is C21H35N3O4S. The Hall–Kier alpha value is -1.64. The molecule has 0 spiro atoms. The first-order valence-electron chi connectivity index (χ1n) is 10.3. The van der Waals surface area contributed by atoms with E-state index in [4.69, 9.17) is 4.74 Å². The average Bonchev–Trinajstić information content (AvgIpc) is 2.69. The summed E-state index contributed by atoms with van der Waals surface area (Å²) in [4.78, 5) is 14.9. The van der Waals surface area contributed by atoms with Crippen molar-refractivity contribution in [3.05, 3.63) is 23.8 Å². The van der Waals surface area contributed by atoms with E-state index in [-0.39, 0.29) is 10.8 Å². The number of nitrogens with zero attached hydrogens (tertiary/aromatic N) is 2. The number of hydrogen-bond acceptors (Lipinski definition) is 5. The van der Waals surface area contributed by atoms with Gasteiger partial charge in [0, 0.05) is 33.6 Å². The van der Waals surface area contributed by atoms with Crippen LogP contribution in [-0.2, 0) is 21.2 Å². The largest absolute Gasteiger partial charge is 0.496 e. The van der Waals surface area contributed by atoms with Gasteiger partial charge in [-0.05, 0) is 68.5 Å². The number of piperidine rings is 1. The van der Waals surface area contributed by atoms with Crippen molar-refractivity contribution in [3.63, 3.8) is 0 Å². The summed E-state index contributed by atoms with van der Waals surface area (Å²) in [5.74, 6) is 1.33. The van der Waals surface area contributed by atoms with Gasteiger partial charge < -0.3 is 15.0 Å². The molecule has 0 aromatic heterocycles. The molecule has 1 atom stereocenters. The quantitative estimate of drug-likeness (QED) is 0.581. The van der Waals surface area contributed by atoms with Gasteiger partial charge in [-0.15, -0.1) is 0 Å². The minimum Gasteiger partial charge on any atom is -0.496 e. The number of rotatable bonds is 10. The predicted molar refractivity (Wildman–Crippen MR) is 115 cm³/mol. The molecule has 1 aromatic rings. The molecule has 8 heteroatoms. The van der Waals surface area contributed by atoms with Gasteiger partial charge >= 0.3 is 0 Å². The van der Waals surface area contributed by atoms with Gasteiger partial charge in [-0.1, -0.05) is 6.92 Å². The highest BCUT2D eigenvalue weighted by Crippen LogP contribution is 2.25. The van der Waals surface area contributed by atoms with Crippen LogP contribution in [0.4, 0.5) is 0 Å². The minimum atomic E-state index is -3.52. The second-order valence-electron chi connectivity index (χ2n) is 8.01. The fourth-order valence-electron chi connectivity index (χ4n) is 3.68. The van der Waals surface area contributed by atoms with Crippen LogP contribution in [0.3, 0.4) is 0 Å². The van der Waals surface area contributed by atoms with Crippen molar-refractivity contribution < 1.29 is 17.9 Å². The van der Waals surface area contributed by atoms with Gasteiger partial charge in [-0.25, -0.2) is 12.7 Å². The second kappa shape index (κ2) is 10.9. The Balaban J connectivity index is 1.82. The Morgan fingerprint density at radius 1 is 1.34 bits per heavy atom. The van der Waals surface area contributed by atoms with E-state index in [0.29, 0.717) is 30.7 Å². The summed E-state index contributed by atoms with van der Waals surface area (Å²) in [5.41, 5.74) is 0.716. The van der Waals surface area contributed by atoms with E-state index < -0.39 is 10.0 Å². The molecule has 1 N–H and O–H groups in total. The first kappa shape index (κ1) is 23.6. The molecule has 1 aliphatic heterocycles. The van der Waals surface area contributed by atoms with Crippen LogP contribution in [0.15, 0.2) is 23.1 Å². The number of carbonyl (C=O) groups is 1. The van der Waals surface area contributed by atoms with E-state index in [1.54, 1.807) is 19.2 Å². The van der Waals surface area contributed by atoms with Gasteiger partial charge in [0.1, 0.15) is 5.75 Å². The van der Waals surface area contributed by atoms with Crippen LogP contribution in [-0.4, -0.2) is 70.9 Å². The number of hydrogen-bond donors (Lipinski definition) is 1. The number of amides is 1. The van der Waals surface area contributed by atoms with Crippen LogP contribution in [0.2, 0.25) is 0 Å². The van der Waals surface area contributed by atoms with Crippen molar-refractivity contribution in [3.8, 4) is 5.75 Å². The zero-order valence-corrected chi connectivity index (χ0v) is 18.9. The number of aryl methyl sites for hydroxylation is 1. The molecule has 164 valence electrons. The number of ether oxygens (including phenoxy) is 1. The topological polar surface area (TPSA) is 79.0 Å². The molecule has 2 rings (SSSR count). The first-order chi connectivity index (χ1) is 13.7. The molecule has 1 aromatic carbocycles. The maximum atomic E-state index is 12.3. The third-order valence-corrected chi connectivity index (χ3v) is 7.18. The standard InChI is InChI=1S/C21H35N3O4S/c1-17-7-5-13-24(16-17)14-6-12-22-21(25)11-8-18-15-19(9-10-20(18)28-4)29(26,27)23(2)3/h9-10,15,17H,5-8,11-14,16H2,1-4H3,(H,22,25)/t17-/m0/s1. The summed E-state index contributed by atoms with van der Waals surface area (Å²) in [6.45, 7) is 6.28. The van der Waals surface area contributed by atoms with E-state index in [1.165, 1.54) is 37.3 Å². The van der Waals surface area contributed by atoms with Gasteiger partial charge in [0.15, 0.2) is 0 Å². The van der Waals surface area contributed by atoms with Crippen molar-refractivity contribution in [1.82, 2.24) is 14.5 Å². The summed E-state index contributed by atoms with van der Waals surface area (Å²) < 4.78 is 31.2. The molecule has 0 saturated carbocycles.